The van der Waals surface area contributed by atoms with Crippen molar-refractivity contribution in [2.45, 2.75) is 18.9 Å². The molecule has 3 rings (SSSR count). The molecule has 1 aromatic heterocycles. The summed E-state index contributed by atoms with van der Waals surface area (Å²) in [4.78, 5) is 0. The highest BCUT2D eigenvalue weighted by atomic mass is 15.2. The normalized spacial score (nSPS) is 15.8. The molecule has 80 valence electrons. The molecule has 3 heteroatoms. The van der Waals surface area contributed by atoms with Crippen molar-refractivity contribution >= 4 is 16.6 Å². The molecule has 0 saturated heterocycles. The number of aromatic nitrogens is 2. The molecule has 0 saturated carbocycles. The molecule has 1 aromatic carbocycles. The van der Waals surface area contributed by atoms with E-state index < -0.39 is 0 Å². The highest BCUT2D eigenvalue weighted by Gasteiger charge is 2.12. The fraction of sp³-hybridized carbons (Fsp3) is 0.231. The monoisotopic (exact) mass is 211 g/mol. The number of fused-ring (bicyclic) bond motifs is 1. The minimum absolute atomic E-state index is 0.472. The van der Waals surface area contributed by atoms with Crippen molar-refractivity contribution < 1.29 is 0 Å². The maximum Gasteiger partial charge on any atom is 0.156 e. The lowest BCUT2D eigenvalue weighted by Gasteiger charge is -2.13. The fourth-order valence-electron chi connectivity index (χ4n) is 2.06. The third-order valence-corrected chi connectivity index (χ3v) is 2.92. The van der Waals surface area contributed by atoms with E-state index in [-0.39, 0.29) is 0 Å². The Bertz CT molecular complexity index is 520. The van der Waals surface area contributed by atoms with Crippen molar-refractivity contribution in [2.24, 2.45) is 0 Å². The molecule has 2 aromatic rings. The molecule has 0 fully saturated rings. The quantitative estimate of drug-likeness (QED) is 0.776. The van der Waals surface area contributed by atoms with E-state index in [9.17, 15) is 0 Å². The Labute approximate surface area is 94.2 Å². The number of nitrogens with one attached hydrogen (secondary N) is 1. The molecule has 0 atom stereocenters. The Morgan fingerprint density at radius 2 is 1.94 bits per heavy atom. The predicted molar refractivity (Wildman–Crippen MR) is 65.3 cm³/mol. The van der Waals surface area contributed by atoms with Gasteiger partial charge in [0.2, 0.25) is 0 Å². The molecule has 16 heavy (non-hydrogen) atoms. The van der Waals surface area contributed by atoms with Gasteiger partial charge in [0.15, 0.2) is 5.82 Å². The van der Waals surface area contributed by atoms with E-state index >= 15 is 0 Å². The van der Waals surface area contributed by atoms with Crippen molar-refractivity contribution in [3.8, 4) is 0 Å². The van der Waals surface area contributed by atoms with E-state index in [0.717, 1.165) is 29.4 Å². The molecule has 1 heterocycles. The molecule has 3 nitrogen and oxygen atoms in total. The zero-order chi connectivity index (χ0) is 10.8. The SMILES string of the molecule is C1=CCC(Nc2nncc3ccccc23)C1. The van der Waals surface area contributed by atoms with Crippen LogP contribution in [0.1, 0.15) is 12.8 Å². The molecule has 0 bridgehead atoms. The zero-order valence-electron chi connectivity index (χ0n) is 8.93. The van der Waals surface area contributed by atoms with Gasteiger partial charge in [0.1, 0.15) is 0 Å². The van der Waals surface area contributed by atoms with Gasteiger partial charge >= 0.3 is 0 Å². The summed E-state index contributed by atoms with van der Waals surface area (Å²) in [5, 5.41) is 13.9. The van der Waals surface area contributed by atoms with Gasteiger partial charge in [-0.2, -0.15) is 5.10 Å². The molecule has 0 aliphatic heterocycles. The first-order valence-electron chi connectivity index (χ1n) is 5.55. The number of anilines is 1. The molecule has 1 aliphatic carbocycles. The van der Waals surface area contributed by atoms with E-state index in [1.54, 1.807) is 6.20 Å². The average molecular weight is 211 g/mol. The van der Waals surface area contributed by atoms with Crippen LogP contribution < -0.4 is 5.32 Å². The topological polar surface area (TPSA) is 37.8 Å². The van der Waals surface area contributed by atoms with Gasteiger partial charge < -0.3 is 5.32 Å². The molecule has 0 radical (unpaired) electrons. The number of hydrogen-bond donors (Lipinski definition) is 1. The second-order valence-electron chi connectivity index (χ2n) is 4.06. The van der Waals surface area contributed by atoms with Gasteiger partial charge in [-0.05, 0) is 12.8 Å². The molecule has 1 N–H and O–H groups in total. The van der Waals surface area contributed by atoms with Crippen LogP contribution in [0.25, 0.3) is 10.8 Å². The second kappa shape index (κ2) is 3.93. The Balaban J connectivity index is 1.96. The Hall–Kier alpha value is -1.90. The molecular weight excluding hydrogens is 198 g/mol. The van der Waals surface area contributed by atoms with Crippen molar-refractivity contribution in [1.29, 1.82) is 0 Å². The number of nitrogens with zero attached hydrogens (tertiary/aromatic N) is 2. The van der Waals surface area contributed by atoms with Gasteiger partial charge in [0.05, 0.1) is 6.20 Å². The maximum atomic E-state index is 4.18. The van der Waals surface area contributed by atoms with Crippen LogP contribution >= 0.6 is 0 Å². The average Bonchev–Trinajstić information content (AvgIpc) is 2.82. The maximum absolute atomic E-state index is 4.18. The van der Waals surface area contributed by atoms with Gasteiger partial charge in [-0.15, -0.1) is 5.10 Å². The van der Waals surface area contributed by atoms with E-state index in [1.165, 1.54) is 0 Å². The predicted octanol–water partition coefficient (Wildman–Crippen LogP) is 2.76. The summed E-state index contributed by atoms with van der Waals surface area (Å²) in [6.07, 6.45) is 8.36. The van der Waals surface area contributed by atoms with Gasteiger partial charge in [-0.3, -0.25) is 0 Å². The highest BCUT2D eigenvalue weighted by molar-refractivity contribution is 5.90. The van der Waals surface area contributed by atoms with Gasteiger partial charge in [-0.1, -0.05) is 36.4 Å². The molecule has 0 spiro atoms. The summed E-state index contributed by atoms with van der Waals surface area (Å²) in [5.74, 6) is 0.895. The van der Waals surface area contributed by atoms with Crippen LogP contribution in [-0.2, 0) is 0 Å². The van der Waals surface area contributed by atoms with Crippen molar-refractivity contribution in [1.82, 2.24) is 10.2 Å². The Kier molecular flexibility index (Phi) is 2.29. The molecule has 1 aliphatic rings. The van der Waals surface area contributed by atoms with Crippen LogP contribution in [0.4, 0.5) is 5.82 Å². The van der Waals surface area contributed by atoms with Crippen molar-refractivity contribution in [3.05, 3.63) is 42.6 Å². The summed E-state index contributed by atoms with van der Waals surface area (Å²) in [6, 6.07) is 8.66. The molecule has 0 unspecified atom stereocenters. The Morgan fingerprint density at radius 1 is 1.12 bits per heavy atom. The summed E-state index contributed by atoms with van der Waals surface area (Å²) in [6.45, 7) is 0. The van der Waals surface area contributed by atoms with Gasteiger partial charge in [-0.25, -0.2) is 0 Å². The molecule has 0 amide bonds. The minimum Gasteiger partial charge on any atom is -0.365 e. The first-order valence-corrected chi connectivity index (χ1v) is 5.55. The van der Waals surface area contributed by atoms with E-state index in [1.807, 2.05) is 12.1 Å². The zero-order valence-corrected chi connectivity index (χ0v) is 8.93. The van der Waals surface area contributed by atoms with Crippen molar-refractivity contribution in [3.63, 3.8) is 0 Å². The lowest BCUT2D eigenvalue weighted by molar-refractivity contribution is 0.778. The van der Waals surface area contributed by atoms with Gasteiger partial charge in [0.25, 0.3) is 0 Å². The summed E-state index contributed by atoms with van der Waals surface area (Å²) in [7, 11) is 0. The van der Waals surface area contributed by atoms with Crippen LogP contribution in [-0.4, -0.2) is 16.2 Å². The van der Waals surface area contributed by atoms with E-state index in [2.05, 4.69) is 39.8 Å². The fourth-order valence-corrected chi connectivity index (χ4v) is 2.06. The van der Waals surface area contributed by atoms with E-state index in [4.69, 9.17) is 0 Å². The van der Waals surface area contributed by atoms with Gasteiger partial charge in [0, 0.05) is 16.8 Å². The third kappa shape index (κ3) is 1.65. The van der Waals surface area contributed by atoms with Crippen molar-refractivity contribution in [2.75, 3.05) is 5.32 Å². The summed E-state index contributed by atoms with van der Waals surface area (Å²) < 4.78 is 0. The van der Waals surface area contributed by atoms with Crippen LogP contribution in [0.15, 0.2) is 42.6 Å². The van der Waals surface area contributed by atoms with Crippen LogP contribution in [0, 0.1) is 0 Å². The first-order chi connectivity index (χ1) is 7.93. The largest absolute Gasteiger partial charge is 0.365 e. The summed E-state index contributed by atoms with van der Waals surface area (Å²) in [5.41, 5.74) is 0. The van der Waals surface area contributed by atoms with Crippen LogP contribution in [0.5, 0.6) is 0 Å². The lowest BCUT2D eigenvalue weighted by atomic mass is 10.1. The smallest absolute Gasteiger partial charge is 0.156 e. The summed E-state index contributed by atoms with van der Waals surface area (Å²) >= 11 is 0. The minimum atomic E-state index is 0.472. The second-order valence-corrected chi connectivity index (χ2v) is 4.06. The number of rotatable bonds is 2. The molecular formula is C13H13N3. The van der Waals surface area contributed by atoms with Crippen LogP contribution in [0.2, 0.25) is 0 Å². The standard InChI is InChI=1S/C13H13N3/c1-4-8-12-10(5-1)9-14-16-13(12)15-11-6-2-3-7-11/h1-5,8-9,11H,6-7H2,(H,15,16). The first kappa shape index (κ1) is 9.33. The number of hydrogen-bond acceptors (Lipinski definition) is 3. The highest BCUT2D eigenvalue weighted by Crippen LogP contribution is 2.22. The Morgan fingerprint density at radius 3 is 2.81 bits per heavy atom. The third-order valence-electron chi connectivity index (χ3n) is 2.92. The lowest BCUT2D eigenvalue weighted by Crippen LogP contribution is -2.16. The van der Waals surface area contributed by atoms with E-state index in [0.29, 0.717) is 6.04 Å². The number of benzene rings is 1. The van der Waals surface area contributed by atoms with Crippen LogP contribution in [0.3, 0.4) is 0 Å².